The quantitative estimate of drug-likeness (QED) is 0.649. The zero-order valence-electron chi connectivity index (χ0n) is 14.0. The number of nitrogens with one attached hydrogen (secondary N) is 1. The first-order valence-corrected chi connectivity index (χ1v) is 9.50. The summed E-state index contributed by atoms with van der Waals surface area (Å²) in [5, 5.41) is 4.93. The molecule has 126 valence electrons. The van der Waals surface area contributed by atoms with E-state index in [0.717, 1.165) is 48.0 Å². The van der Waals surface area contributed by atoms with Crippen molar-refractivity contribution in [3.63, 3.8) is 0 Å². The Labute approximate surface area is 147 Å². The van der Waals surface area contributed by atoms with Gasteiger partial charge < -0.3 is 15.0 Å². The summed E-state index contributed by atoms with van der Waals surface area (Å²) >= 11 is 7.28. The predicted octanol–water partition coefficient (Wildman–Crippen LogP) is 3.70. The van der Waals surface area contributed by atoms with Gasteiger partial charge in [-0.2, -0.15) is 0 Å². The number of hydrogen-bond donors (Lipinski definition) is 1. The molecule has 1 aliphatic carbocycles. The van der Waals surface area contributed by atoms with Gasteiger partial charge in [-0.15, -0.1) is 11.3 Å². The zero-order valence-corrected chi connectivity index (χ0v) is 15.6. The maximum atomic E-state index is 12.2. The van der Waals surface area contributed by atoms with Gasteiger partial charge in [0.2, 0.25) is 0 Å². The van der Waals surface area contributed by atoms with E-state index >= 15 is 0 Å². The van der Waals surface area contributed by atoms with Crippen molar-refractivity contribution in [3.05, 3.63) is 16.0 Å². The van der Waals surface area contributed by atoms with Crippen LogP contribution in [0.25, 0.3) is 0 Å². The molecule has 2 aliphatic rings. The summed E-state index contributed by atoms with van der Waals surface area (Å²) in [6.07, 6.45) is 4.38. The van der Waals surface area contributed by atoms with Gasteiger partial charge in [-0.05, 0) is 55.3 Å². The number of rotatable bonds is 2. The van der Waals surface area contributed by atoms with Crippen molar-refractivity contribution < 1.29 is 9.53 Å². The number of carbonyl (C=O) groups is 1. The molecule has 2 unspecified atom stereocenters. The minimum atomic E-state index is -0.255. The fraction of sp³-hybridized carbons (Fsp3) is 0.647. The summed E-state index contributed by atoms with van der Waals surface area (Å²) in [5.74, 6) is 1.04. The maximum absolute atomic E-state index is 12.2. The van der Waals surface area contributed by atoms with E-state index in [1.807, 2.05) is 0 Å². The van der Waals surface area contributed by atoms with Crippen LogP contribution >= 0.6 is 23.6 Å². The fourth-order valence-corrected chi connectivity index (χ4v) is 5.41. The van der Waals surface area contributed by atoms with Crippen LogP contribution in [0.1, 0.15) is 47.5 Å². The average molecular weight is 353 g/mol. The van der Waals surface area contributed by atoms with Gasteiger partial charge in [-0.25, -0.2) is 4.79 Å². The second-order valence-corrected chi connectivity index (χ2v) is 8.33. The van der Waals surface area contributed by atoms with Gasteiger partial charge in [0.05, 0.1) is 12.7 Å². The lowest BCUT2D eigenvalue weighted by atomic mass is 9.92. The van der Waals surface area contributed by atoms with E-state index in [0.29, 0.717) is 17.4 Å². The third-order valence-electron chi connectivity index (χ3n) is 4.69. The SMILES string of the molecule is COC(=O)c1c(NC(=S)N2CC(C)CC(C)C2)sc2c1CCC2. The Kier molecular flexibility index (Phi) is 4.92. The van der Waals surface area contributed by atoms with E-state index in [2.05, 4.69) is 24.1 Å². The van der Waals surface area contributed by atoms with Gasteiger partial charge in [0.15, 0.2) is 5.11 Å². The Morgan fingerprint density at radius 1 is 1.30 bits per heavy atom. The fourth-order valence-electron chi connectivity index (χ4n) is 3.82. The van der Waals surface area contributed by atoms with E-state index in [4.69, 9.17) is 17.0 Å². The maximum Gasteiger partial charge on any atom is 0.341 e. The number of piperidine rings is 1. The Balaban J connectivity index is 1.80. The first kappa shape index (κ1) is 16.7. The van der Waals surface area contributed by atoms with Crippen LogP contribution in [0.5, 0.6) is 0 Å². The van der Waals surface area contributed by atoms with Crippen LogP contribution < -0.4 is 5.32 Å². The topological polar surface area (TPSA) is 41.6 Å². The van der Waals surface area contributed by atoms with Crippen LogP contribution in [-0.4, -0.2) is 36.2 Å². The molecule has 0 spiro atoms. The molecule has 1 saturated heterocycles. The van der Waals surface area contributed by atoms with Crippen molar-refractivity contribution in [3.8, 4) is 0 Å². The summed E-state index contributed by atoms with van der Waals surface area (Å²) < 4.78 is 4.99. The van der Waals surface area contributed by atoms with E-state index in [1.54, 1.807) is 11.3 Å². The number of aryl methyl sites for hydroxylation is 1. The number of esters is 1. The predicted molar refractivity (Wildman–Crippen MR) is 98.4 cm³/mol. The van der Waals surface area contributed by atoms with Crippen molar-refractivity contribution in [1.82, 2.24) is 4.90 Å². The van der Waals surface area contributed by atoms with Crippen LogP contribution in [0.3, 0.4) is 0 Å². The van der Waals surface area contributed by atoms with E-state index in [9.17, 15) is 4.79 Å². The number of carbonyl (C=O) groups excluding carboxylic acids is 1. The molecule has 2 atom stereocenters. The summed E-state index contributed by atoms with van der Waals surface area (Å²) in [7, 11) is 1.44. The van der Waals surface area contributed by atoms with Gasteiger partial charge in [0.25, 0.3) is 0 Å². The van der Waals surface area contributed by atoms with E-state index < -0.39 is 0 Å². The highest BCUT2D eigenvalue weighted by Gasteiger charge is 2.29. The summed E-state index contributed by atoms with van der Waals surface area (Å²) in [4.78, 5) is 15.7. The van der Waals surface area contributed by atoms with Gasteiger partial charge >= 0.3 is 5.97 Å². The molecule has 0 aromatic carbocycles. The average Bonchev–Trinajstić information content (AvgIpc) is 3.05. The molecule has 1 aromatic rings. The lowest BCUT2D eigenvalue weighted by Gasteiger charge is -2.36. The molecular weight excluding hydrogens is 328 g/mol. The molecule has 1 fully saturated rings. The number of fused-ring (bicyclic) bond motifs is 1. The van der Waals surface area contributed by atoms with Gasteiger partial charge in [0.1, 0.15) is 5.00 Å². The molecule has 0 bridgehead atoms. The van der Waals surface area contributed by atoms with Gasteiger partial charge in [0, 0.05) is 18.0 Å². The second-order valence-electron chi connectivity index (χ2n) is 6.83. The molecule has 3 rings (SSSR count). The number of hydrogen-bond acceptors (Lipinski definition) is 4. The minimum Gasteiger partial charge on any atom is -0.465 e. The molecule has 4 nitrogen and oxygen atoms in total. The van der Waals surface area contributed by atoms with Crippen molar-refractivity contribution in [2.45, 2.75) is 39.5 Å². The van der Waals surface area contributed by atoms with Crippen molar-refractivity contribution in [2.24, 2.45) is 11.8 Å². The van der Waals surface area contributed by atoms with E-state index in [-0.39, 0.29) is 5.97 Å². The molecule has 1 N–H and O–H groups in total. The van der Waals surface area contributed by atoms with Crippen LogP contribution in [0.4, 0.5) is 5.00 Å². The molecule has 1 aromatic heterocycles. The number of likely N-dealkylation sites (tertiary alicyclic amines) is 1. The largest absolute Gasteiger partial charge is 0.465 e. The third-order valence-corrected chi connectivity index (χ3v) is 6.25. The number of thiocarbonyl (C=S) groups is 1. The molecule has 0 radical (unpaired) electrons. The van der Waals surface area contributed by atoms with Crippen molar-refractivity contribution in [2.75, 3.05) is 25.5 Å². The number of nitrogens with zero attached hydrogens (tertiary/aromatic N) is 1. The van der Waals surface area contributed by atoms with Crippen LogP contribution in [-0.2, 0) is 17.6 Å². The number of anilines is 1. The number of ether oxygens (including phenoxy) is 1. The Morgan fingerprint density at radius 2 is 2.00 bits per heavy atom. The minimum absolute atomic E-state index is 0.255. The molecule has 0 amide bonds. The summed E-state index contributed by atoms with van der Waals surface area (Å²) in [5.41, 5.74) is 1.86. The molecule has 6 heteroatoms. The van der Waals surface area contributed by atoms with Crippen molar-refractivity contribution in [1.29, 1.82) is 0 Å². The molecule has 23 heavy (non-hydrogen) atoms. The highest BCUT2D eigenvalue weighted by Crippen LogP contribution is 2.39. The summed E-state index contributed by atoms with van der Waals surface area (Å²) in [6, 6.07) is 0. The number of thiophene rings is 1. The van der Waals surface area contributed by atoms with Crippen LogP contribution in [0.15, 0.2) is 0 Å². The second kappa shape index (κ2) is 6.77. The Bertz CT molecular complexity index is 616. The Morgan fingerprint density at radius 3 is 2.65 bits per heavy atom. The smallest absolute Gasteiger partial charge is 0.341 e. The first-order chi connectivity index (χ1) is 11.0. The Hall–Kier alpha value is -1.14. The van der Waals surface area contributed by atoms with E-state index in [1.165, 1.54) is 18.4 Å². The van der Waals surface area contributed by atoms with Gasteiger partial charge in [-0.1, -0.05) is 13.8 Å². The zero-order chi connectivity index (χ0) is 16.6. The van der Waals surface area contributed by atoms with Crippen molar-refractivity contribution >= 4 is 39.6 Å². The molecular formula is C17H24N2O2S2. The monoisotopic (exact) mass is 352 g/mol. The number of methoxy groups -OCH3 is 1. The molecule has 1 aliphatic heterocycles. The van der Waals surface area contributed by atoms with Gasteiger partial charge in [-0.3, -0.25) is 0 Å². The van der Waals surface area contributed by atoms with Crippen LogP contribution in [0.2, 0.25) is 0 Å². The molecule has 2 heterocycles. The standard InChI is InChI=1S/C17H24N2O2S2/c1-10-7-11(2)9-19(8-10)17(22)18-15-14(16(20)21-3)12-5-4-6-13(12)23-15/h10-11H,4-9H2,1-3H3,(H,18,22). The lowest BCUT2D eigenvalue weighted by molar-refractivity contribution is 0.0601. The first-order valence-electron chi connectivity index (χ1n) is 8.28. The molecule has 0 saturated carbocycles. The highest BCUT2D eigenvalue weighted by molar-refractivity contribution is 7.80. The summed E-state index contributed by atoms with van der Waals surface area (Å²) in [6.45, 7) is 6.50. The highest BCUT2D eigenvalue weighted by atomic mass is 32.1. The third kappa shape index (κ3) is 3.38. The normalized spacial score (nSPS) is 23.5. The van der Waals surface area contributed by atoms with Crippen LogP contribution in [0, 0.1) is 11.8 Å². The lowest BCUT2D eigenvalue weighted by Crippen LogP contribution is -2.44.